The number of esters is 1. The molecule has 0 heterocycles. The van der Waals surface area contributed by atoms with E-state index < -0.39 is 18.4 Å². The Bertz CT molecular complexity index is 548. The molecule has 4 nitrogen and oxygen atoms in total. The maximum atomic E-state index is 11.9. The second-order valence-electron chi connectivity index (χ2n) is 6.04. The average Bonchev–Trinajstić information content (AvgIpc) is 2.54. The Morgan fingerprint density at radius 3 is 2.33 bits per heavy atom. The number of benzene rings is 1. The average molecular weight is 332 g/mol. The highest BCUT2D eigenvalue weighted by atomic mass is 16.5. The number of unbranched alkanes of at least 4 members (excludes halogenated alkanes) is 6. The third-order valence-electron chi connectivity index (χ3n) is 3.88. The minimum absolute atomic E-state index is 0.0479. The molecule has 0 fully saturated rings. The molecule has 1 aromatic rings. The van der Waals surface area contributed by atoms with E-state index in [4.69, 9.17) is 9.84 Å². The van der Waals surface area contributed by atoms with Gasteiger partial charge >= 0.3 is 11.9 Å². The van der Waals surface area contributed by atoms with E-state index in [1.807, 2.05) is 12.1 Å². The summed E-state index contributed by atoms with van der Waals surface area (Å²) < 4.78 is 5.32. The van der Waals surface area contributed by atoms with Crippen LogP contribution in [0.15, 0.2) is 36.4 Å². The molecule has 132 valence electrons. The van der Waals surface area contributed by atoms with Crippen LogP contribution in [0.25, 0.3) is 0 Å². The van der Waals surface area contributed by atoms with Crippen LogP contribution in [-0.2, 0) is 16.0 Å². The predicted octanol–water partition coefficient (Wildman–Crippen LogP) is 4.92. The fourth-order valence-corrected chi connectivity index (χ4v) is 2.51. The van der Waals surface area contributed by atoms with E-state index in [-0.39, 0.29) is 5.57 Å². The van der Waals surface area contributed by atoms with Crippen LogP contribution in [0.2, 0.25) is 0 Å². The van der Waals surface area contributed by atoms with Crippen molar-refractivity contribution >= 4 is 11.9 Å². The third kappa shape index (κ3) is 7.95. The third-order valence-corrected chi connectivity index (χ3v) is 3.88. The Kier molecular flexibility index (Phi) is 9.51. The van der Waals surface area contributed by atoms with E-state index in [0.29, 0.717) is 5.75 Å². The summed E-state index contributed by atoms with van der Waals surface area (Å²) in [6, 6.07) is 7.40. The summed E-state index contributed by atoms with van der Waals surface area (Å²) in [6.07, 6.45) is 9.04. The minimum atomic E-state index is -1.09. The summed E-state index contributed by atoms with van der Waals surface area (Å²) in [4.78, 5) is 22.5. The standard InChI is InChI=1S/C20H28O4/c1-3-4-5-6-7-8-9-12-17-13-10-11-14-18(17)24-20(23)16(2)15-19(21)22/h10-11,13-14H,2-9,12,15H2,1H3,(H,21,22). The zero-order valence-corrected chi connectivity index (χ0v) is 14.6. The monoisotopic (exact) mass is 332 g/mol. The molecule has 1 aromatic carbocycles. The van der Waals surface area contributed by atoms with Crippen molar-refractivity contribution in [1.82, 2.24) is 0 Å². The van der Waals surface area contributed by atoms with Gasteiger partial charge in [0, 0.05) is 5.57 Å². The summed E-state index contributed by atoms with van der Waals surface area (Å²) in [7, 11) is 0. The highest BCUT2D eigenvalue weighted by Crippen LogP contribution is 2.22. The molecule has 0 unspecified atom stereocenters. The van der Waals surface area contributed by atoms with Gasteiger partial charge in [-0.25, -0.2) is 4.79 Å². The van der Waals surface area contributed by atoms with Gasteiger partial charge in [0.05, 0.1) is 6.42 Å². The Balaban J connectivity index is 2.45. The number of ether oxygens (including phenoxy) is 1. The Hall–Kier alpha value is -2.10. The molecule has 0 radical (unpaired) electrons. The Labute approximate surface area is 144 Å². The molecule has 24 heavy (non-hydrogen) atoms. The lowest BCUT2D eigenvalue weighted by molar-refractivity contribution is -0.138. The Morgan fingerprint density at radius 1 is 1.04 bits per heavy atom. The molecule has 4 heteroatoms. The Morgan fingerprint density at radius 2 is 1.67 bits per heavy atom. The highest BCUT2D eigenvalue weighted by Gasteiger charge is 2.15. The van der Waals surface area contributed by atoms with Crippen molar-refractivity contribution in [3.05, 3.63) is 42.0 Å². The molecule has 0 atom stereocenters. The van der Waals surface area contributed by atoms with Crippen LogP contribution in [0.3, 0.4) is 0 Å². The van der Waals surface area contributed by atoms with Crippen molar-refractivity contribution in [3.8, 4) is 5.75 Å². The van der Waals surface area contributed by atoms with Crippen molar-refractivity contribution < 1.29 is 19.4 Å². The van der Waals surface area contributed by atoms with E-state index in [1.165, 1.54) is 32.1 Å². The maximum Gasteiger partial charge on any atom is 0.339 e. The summed E-state index contributed by atoms with van der Waals surface area (Å²) >= 11 is 0. The van der Waals surface area contributed by atoms with E-state index >= 15 is 0 Å². The van der Waals surface area contributed by atoms with E-state index in [9.17, 15) is 9.59 Å². The predicted molar refractivity (Wildman–Crippen MR) is 95.2 cm³/mol. The topological polar surface area (TPSA) is 63.6 Å². The fraction of sp³-hybridized carbons (Fsp3) is 0.500. The molecule has 0 bridgehead atoms. The van der Waals surface area contributed by atoms with Gasteiger partial charge in [0.1, 0.15) is 5.75 Å². The SMILES string of the molecule is C=C(CC(=O)O)C(=O)Oc1ccccc1CCCCCCCCC. The summed E-state index contributed by atoms with van der Waals surface area (Å²) in [5.74, 6) is -1.27. The van der Waals surface area contributed by atoms with Crippen LogP contribution < -0.4 is 4.74 Å². The van der Waals surface area contributed by atoms with Gasteiger partial charge in [0.2, 0.25) is 0 Å². The summed E-state index contributed by atoms with van der Waals surface area (Å²) in [6.45, 7) is 5.69. The van der Waals surface area contributed by atoms with E-state index in [1.54, 1.807) is 12.1 Å². The molecular weight excluding hydrogens is 304 g/mol. The zero-order valence-electron chi connectivity index (χ0n) is 14.6. The lowest BCUT2D eigenvalue weighted by atomic mass is 10.0. The van der Waals surface area contributed by atoms with Gasteiger partial charge in [-0.3, -0.25) is 4.79 Å². The number of para-hydroxylation sites is 1. The zero-order chi connectivity index (χ0) is 17.8. The highest BCUT2D eigenvalue weighted by molar-refractivity contribution is 5.94. The van der Waals surface area contributed by atoms with Crippen LogP contribution in [0, 0.1) is 0 Å². The number of carbonyl (C=O) groups excluding carboxylic acids is 1. The lowest BCUT2D eigenvalue weighted by Crippen LogP contribution is -2.14. The summed E-state index contributed by atoms with van der Waals surface area (Å²) in [5.41, 5.74) is 0.927. The van der Waals surface area contributed by atoms with Crippen molar-refractivity contribution in [2.45, 2.75) is 64.7 Å². The molecule has 0 aliphatic heterocycles. The van der Waals surface area contributed by atoms with Gasteiger partial charge < -0.3 is 9.84 Å². The molecular formula is C20H28O4. The number of hydrogen-bond donors (Lipinski definition) is 1. The minimum Gasteiger partial charge on any atom is -0.481 e. The van der Waals surface area contributed by atoms with Gasteiger partial charge in [-0.05, 0) is 24.5 Å². The molecule has 0 amide bonds. The number of carboxylic acids is 1. The van der Waals surface area contributed by atoms with Crippen molar-refractivity contribution in [2.75, 3.05) is 0 Å². The largest absolute Gasteiger partial charge is 0.481 e. The van der Waals surface area contributed by atoms with E-state index in [0.717, 1.165) is 24.8 Å². The van der Waals surface area contributed by atoms with Gasteiger partial charge in [0.25, 0.3) is 0 Å². The first-order chi connectivity index (χ1) is 11.5. The molecule has 0 saturated carbocycles. The van der Waals surface area contributed by atoms with Crippen LogP contribution >= 0.6 is 0 Å². The molecule has 1 rings (SSSR count). The normalized spacial score (nSPS) is 10.4. The number of hydrogen-bond acceptors (Lipinski definition) is 3. The molecule has 0 aliphatic carbocycles. The maximum absolute atomic E-state index is 11.9. The van der Waals surface area contributed by atoms with Gasteiger partial charge in [0.15, 0.2) is 0 Å². The number of carboxylic acid groups (broad SMARTS) is 1. The second kappa shape index (κ2) is 11.4. The first-order valence-corrected chi connectivity index (χ1v) is 8.74. The molecule has 1 N–H and O–H groups in total. The fourth-order valence-electron chi connectivity index (χ4n) is 2.51. The lowest BCUT2D eigenvalue weighted by Gasteiger charge is -2.10. The number of aryl methyl sites for hydroxylation is 1. The van der Waals surface area contributed by atoms with Crippen molar-refractivity contribution in [3.63, 3.8) is 0 Å². The smallest absolute Gasteiger partial charge is 0.339 e. The van der Waals surface area contributed by atoms with Crippen molar-refractivity contribution in [1.29, 1.82) is 0 Å². The van der Waals surface area contributed by atoms with Crippen LogP contribution in [0.5, 0.6) is 5.75 Å². The molecule has 0 spiro atoms. The van der Waals surface area contributed by atoms with Crippen LogP contribution in [0.1, 0.15) is 63.9 Å². The quantitative estimate of drug-likeness (QED) is 0.255. The number of carbonyl (C=O) groups is 2. The summed E-state index contributed by atoms with van der Waals surface area (Å²) in [5, 5.41) is 8.71. The molecule has 0 aromatic heterocycles. The van der Waals surface area contributed by atoms with E-state index in [2.05, 4.69) is 13.5 Å². The van der Waals surface area contributed by atoms with Gasteiger partial charge in [-0.2, -0.15) is 0 Å². The number of aliphatic carboxylic acids is 1. The molecule has 0 saturated heterocycles. The first-order valence-electron chi connectivity index (χ1n) is 8.74. The van der Waals surface area contributed by atoms with Gasteiger partial charge in [-0.1, -0.05) is 70.2 Å². The molecule has 0 aliphatic rings. The van der Waals surface area contributed by atoms with Gasteiger partial charge in [-0.15, -0.1) is 0 Å². The second-order valence-corrected chi connectivity index (χ2v) is 6.04. The van der Waals surface area contributed by atoms with Crippen LogP contribution in [-0.4, -0.2) is 17.0 Å². The number of rotatable bonds is 12. The van der Waals surface area contributed by atoms with Crippen LogP contribution in [0.4, 0.5) is 0 Å². The first kappa shape index (κ1) is 19.9. The van der Waals surface area contributed by atoms with Crippen molar-refractivity contribution in [2.24, 2.45) is 0 Å².